The number of nitrogens with two attached hydrogens (primary N) is 1. The first-order valence-corrected chi connectivity index (χ1v) is 7.04. The van der Waals surface area contributed by atoms with Crippen LogP contribution in [-0.4, -0.2) is 30.5 Å². The minimum atomic E-state index is -0.554. The standard InChI is InChI=1S/C15H21F2N3/c1-11-3-2-6-20(10-11)15(18)19-5-4-12-7-13(16)9-14(17)8-12/h7-9,11H,2-6,10H2,1H3,(H2,18,19). The molecule has 1 saturated heterocycles. The lowest BCUT2D eigenvalue weighted by Gasteiger charge is -2.31. The van der Waals surface area contributed by atoms with Gasteiger partial charge in [-0.15, -0.1) is 0 Å². The number of aliphatic imine (C=N–C) groups is 1. The molecule has 1 heterocycles. The second kappa shape index (κ2) is 6.68. The lowest BCUT2D eigenvalue weighted by atomic mass is 10.0. The Labute approximate surface area is 118 Å². The molecular formula is C15H21F2N3. The molecule has 0 amide bonds. The van der Waals surface area contributed by atoms with Crippen molar-refractivity contribution in [1.82, 2.24) is 4.90 Å². The lowest BCUT2D eigenvalue weighted by molar-refractivity contribution is 0.270. The second-order valence-electron chi connectivity index (χ2n) is 5.46. The Balaban J connectivity index is 1.88. The summed E-state index contributed by atoms with van der Waals surface area (Å²) < 4.78 is 26.1. The first kappa shape index (κ1) is 14.8. The maximum atomic E-state index is 13.0. The van der Waals surface area contributed by atoms with E-state index in [0.717, 1.165) is 25.6 Å². The summed E-state index contributed by atoms with van der Waals surface area (Å²) in [7, 11) is 0. The van der Waals surface area contributed by atoms with Crippen molar-refractivity contribution < 1.29 is 8.78 Å². The van der Waals surface area contributed by atoms with Crippen LogP contribution in [0.4, 0.5) is 8.78 Å². The third-order valence-corrected chi connectivity index (χ3v) is 3.58. The fourth-order valence-corrected chi connectivity index (χ4v) is 2.55. The number of halogens is 2. The number of hydrogen-bond acceptors (Lipinski definition) is 1. The van der Waals surface area contributed by atoms with Gasteiger partial charge in [0.2, 0.25) is 0 Å². The summed E-state index contributed by atoms with van der Waals surface area (Å²) in [6, 6.07) is 3.53. The second-order valence-corrected chi connectivity index (χ2v) is 5.46. The van der Waals surface area contributed by atoms with Gasteiger partial charge in [-0.1, -0.05) is 6.92 Å². The smallest absolute Gasteiger partial charge is 0.191 e. The van der Waals surface area contributed by atoms with E-state index in [0.29, 0.717) is 30.4 Å². The van der Waals surface area contributed by atoms with Crippen molar-refractivity contribution in [1.29, 1.82) is 0 Å². The van der Waals surface area contributed by atoms with Crippen LogP contribution < -0.4 is 5.73 Å². The maximum absolute atomic E-state index is 13.0. The Bertz CT molecular complexity index is 468. The van der Waals surface area contributed by atoms with Crippen molar-refractivity contribution in [2.24, 2.45) is 16.6 Å². The zero-order valence-corrected chi connectivity index (χ0v) is 11.8. The van der Waals surface area contributed by atoms with E-state index in [2.05, 4.69) is 16.8 Å². The van der Waals surface area contributed by atoms with Gasteiger partial charge >= 0.3 is 0 Å². The molecule has 1 aliphatic rings. The molecule has 1 fully saturated rings. The molecule has 0 radical (unpaired) electrons. The Morgan fingerprint density at radius 3 is 2.70 bits per heavy atom. The summed E-state index contributed by atoms with van der Waals surface area (Å²) in [5.74, 6) is 0.0619. The molecule has 3 nitrogen and oxygen atoms in total. The Morgan fingerprint density at radius 1 is 1.35 bits per heavy atom. The van der Waals surface area contributed by atoms with Crippen LogP contribution in [0.15, 0.2) is 23.2 Å². The Morgan fingerprint density at radius 2 is 2.05 bits per heavy atom. The van der Waals surface area contributed by atoms with Gasteiger partial charge in [0.25, 0.3) is 0 Å². The van der Waals surface area contributed by atoms with Crippen LogP contribution in [0.2, 0.25) is 0 Å². The first-order valence-electron chi connectivity index (χ1n) is 7.04. The van der Waals surface area contributed by atoms with Gasteiger partial charge in [0.1, 0.15) is 11.6 Å². The van der Waals surface area contributed by atoms with Crippen LogP contribution in [0, 0.1) is 17.6 Å². The van der Waals surface area contributed by atoms with E-state index in [1.54, 1.807) is 0 Å². The molecule has 0 bridgehead atoms. The molecule has 5 heteroatoms. The zero-order chi connectivity index (χ0) is 14.5. The van der Waals surface area contributed by atoms with Crippen molar-refractivity contribution in [2.75, 3.05) is 19.6 Å². The van der Waals surface area contributed by atoms with E-state index in [1.807, 2.05) is 0 Å². The summed E-state index contributed by atoms with van der Waals surface area (Å²) in [4.78, 5) is 6.40. The molecule has 20 heavy (non-hydrogen) atoms. The van der Waals surface area contributed by atoms with Crippen molar-refractivity contribution >= 4 is 5.96 Å². The van der Waals surface area contributed by atoms with Crippen molar-refractivity contribution in [3.63, 3.8) is 0 Å². The van der Waals surface area contributed by atoms with Crippen molar-refractivity contribution in [3.8, 4) is 0 Å². The van der Waals surface area contributed by atoms with Crippen LogP contribution in [-0.2, 0) is 6.42 Å². The molecular weight excluding hydrogens is 260 g/mol. The van der Waals surface area contributed by atoms with E-state index in [-0.39, 0.29) is 0 Å². The highest BCUT2D eigenvalue weighted by molar-refractivity contribution is 5.78. The number of likely N-dealkylation sites (tertiary alicyclic amines) is 1. The third kappa shape index (κ3) is 4.18. The van der Waals surface area contributed by atoms with E-state index in [4.69, 9.17) is 5.73 Å². The van der Waals surface area contributed by atoms with Gasteiger partial charge in [-0.05, 0) is 42.9 Å². The minimum Gasteiger partial charge on any atom is -0.370 e. The van der Waals surface area contributed by atoms with E-state index in [9.17, 15) is 8.78 Å². The third-order valence-electron chi connectivity index (χ3n) is 3.58. The van der Waals surface area contributed by atoms with Crippen LogP contribution in [0.25, 0.3) is 0 Å². The lowest BCUT2D eigenvalue weighted by Crippen LogP contribution is -2.43. The SMILES string of the molecule is CC1CCCN(C(N)=NCCc2cc(F)cc(F)c2)C1. The van der Waals surface area contributed by atoms with Crippen LogP contribution >= 0.6 is 0 Å². The summed E-state index contributed by atoms with van der Waals surface area (Å²) >= 11 is 0. The summed E-state index contributed by atoms with van der Waals surface area (Å²) in [5, 5.41) is 0. The monoisotopic (exact) mass is 281 g/mol. The topological polar surface area (TPSA) is 41.6 Å². The molecule has 1 aromatic carbocycles. The fourth-order valence-electron chi connectivity index (χ4n) is 2.55. The van der Waals surface area contributed by atoms with Crippen molar-refractivity contribution in [3.05, 3.63) is 35.4 Å². The number of benzene rings is 1. The van der Waals surface area contributed by atoms with E-state index >= 15 is 0 Å². The van der Waals surface area contributed by atoms with Gasteiger partial charge in [-0.25, -0.2) is 8.78 Å². The summed E-state index contributed by atoms with van der Waals surface area (Å²) in [6.07, 6.45) is 2.84. The molecule has 110 valence electrons. The van der Waals surface area contributed by atoms with E-state index in [1.165, 1.54) is 18.6 Å². The molecule has 1 aromatic rings. The highest BCUT2D eigenvalue weighted by Gasteiger charge is 2.17. The Kier molecular flexibility index (Phi) is 4.93. The normalized spacial score (nSPS) is 20.2. The number of piperidine rings is 1. The van der Waals surface area contributed by atoms with Crippen LogP contribution in [0.1, 0.15) is 25.3 Å². The number of nitrogens with zero attached hydrogens (tertiary/aromatic N) is 2. The molecule has 0 saturated carbocycles. The fraction of sp³-hybridized carbons (Fsp3) is 0.533. The molecule has 0 aliphatic carbocycles. The summed E-state index contributed by atoms with van der Waals surface area (Å²) in [5.41, 5.74) is 6.57. The van der Waals surface area contributed by atoms with Crippen LogP contribution in [0.5, 0.6) is 0 Å². The molecule has 2 rings (SSSR count). The van der Waals surface area contributed by atoms with Gasteiger partial charge in [0.05, 0.1) is 0 Å². The quantitative estimate of drug-likeness (QED) is 0.683. The van der Waals surface area contributed by atoms with Crippen molar-refractivity contribution in [2.45, 2.75) is 26.2 Å². The highest BCUT2D eigenvalue weighted by Crippen LogP contribution is 2.15. The van der Waals surface area contributed by atoms with Gasteiger partial charge in [0, 0.05) is 25.7 Å². The zero-order valence-electron chi connectivity index (χ0n) is 11.8. The Hall–Kier alpha value is -1.65. The van der Waals surface area contributed by atoms with Gasteiger partial charge in [0.15, 0.2) is 5.96 Å². The van der Waals surface area contributed by atoms with Crippen LogP contribution in [0.3, 0.4) is 0 Å². The first-order chi connectivity index (χ1) is 9.54. The predicted molar refractivity (Wildman–Crippen MR) is 76.5 cm³/mol. The molecule has 0 spiro atoms. The van der Waals surface area contributed by atoms with Gasteiger partial charge < -0.3 is 10.6 Å². The molecule has 1 aliphatic heterocycles. The molecule has 2 N–H and O–H groups in total. The highest BCUT2D eigenvalue weighted by atomic mass is 19.1. The largest absolute Gasteiger partial charge is 0.370 e. The minimum absolute atomic E-state index is 0.444. The average Bonchev–Trinajstić information content (AvgIpc) is 2.37. The maximum Gasteiger partial charge on any atom is 0.191 e. The number of hydrogen-bond donors (Lipinski definition) is 1. The van der Waals surface area contributed by atoms with Gasteiger partial charge in [-0.2, -0.15) is 0 Å². The average molecular weight is 281 g/mol. The summed E-state index contributed by atoms with van der Waals surface area (Å²) in [6.45, 7) is 4.52. The van der Waals surface area contributed by atoms with Gasteiger partial charge in [-0.3, -0.25) is 4.99 Å². The number of rotatable bonds is 3. The molecule has 0 aromatic heterocycles. The number of guanidine groups is 1. The van der Waals surface area contributed by atoms with E-state index < -0.39 is 11.6 Å². The molecule has 1 unspecified atom stereocenters. The predicted octanol–water partition coefficient (Wildman–Crippen LogP) is 2.55. The molecule has 1 atom stereocenters.